The fraction of sp³-hybridized carbons (Fsp3) is 0.765. The Hall–Kier alpha value is -1.80. The average Bonchev–Trinajstić information content (AvgIpc) is 3.02. The van der Waals surface area contributed by atoms with E-state index in [-0.39, 0.29) is 37.6 Å². The highest BCUT2D eigenvalue weighted by Gasteiger charge is 2.27. The van der Waals surface area contributed by atoms with Crippen molar-refractivity contribution in [2.24, 2.45) is 10.8 Å². The number of carbonyl (C=O) groups is 3. The number of carbonyl (C=O) groups excluding carboxylic acids is 3. The number of rotatable bonds is 11. The van der Waals surface area contributed by atoms with Crippen LogP contribution in [0.5, 0.6) is 0 Å². The number of nitrogens with two attached hydrogens (primary N) is 1. The number of ketones is 1. The minimum atomic E-state index is -0.170. The summed E-state index contributed by atoms with van der Waals surface area (Å²) in [5.74, 6) is 5.18. The van der Waals surface area contributed by atoms with Gasteiger partial charge in [-0.25, -0.2) is 0 Å². The second kappa shape index (κ2) is 13.5. The van der Waals surface area contributed by atoms with Gasteiger partial charge in [0, 0.05) is 44.7 Å². The maximum atomic E-state index is 12.3. The molecule has 0 aromatic heterocycles. The van der Waals surface area contributed by atoms with Crippen LogP contribution in [0.15, 0.2) is 4.99 Å². The summed E-state index contributed by atoms with van der Waals surface area (Å²) < 4.78 is 0. The summed E-state index contributed by atoms with van der Waals surface area (Å²) in [5, 5.41) is 2.74. The first-order valence-electron chi connectivity index (χ1n) is 8.52. The van der Waals surface area contributed by atoms with Crippen molar-refractivity contribution in [1.82, 2.24) is 15.6 Å². The molecule has 8 heteroatoms. The van der Waals surface area contributed by atoms with E-state index >= 15 is 0 Å². The minimum absolute atomic E-state index is 0. The van der Waals surface area contributed by atoms with Crippen LogP contribution in [0, 0.1) is 0 Å². The zero-order valence-electron chi connectivity index (χ0n) is 14.4. The van der Waals surface area contributed by atoms with Gasteiger partial charge >= 0.3 is 0 Å². The molecule has 8 nitrogen and oxygen atoms in total. The Bertz CT molecular complexity index is 454. The third kappa shape index (κ3) is 9.93. The van der Waals surface area contributed by atoms with Crippen molar-refractivity contribution in [3.05, 3.63) is 0 Å². The SMILES string of the molecule is C.CC(=O)CC[C@@H]1CCCN1C(=O)CCCNC(=O)CN=CCNN. The Morgan fingerprint density at radius 2 is 2.08 bits per heavy atom. The Balaban J connectivity index is 0.00000576. The number of hydrogen-bond donors (Lipinski definition) is 3. The van der Waals surface area contributed by atoms with Crippen molar-refractivity contribution in [3.8, 4) is 0 Å². The molecule has 1 aliphatic heterocycles. The zero-order valence-corrected chi connectivity index (χ0v) is 14.4. The van der Waals surface area contributed by atoms with Gasteiger partial charge in [0.25, 0.3) is 0 Å². The van der Waals surface area contributed by atoms with Gasteiger partial charge in [0.2, 0.25) is 11.8 Å². The number of amides is 2. The second-order valence-corrected chi connectivity index (χ2v) is 6.01. The van der Waals surface area contributed by atoms with E-state index in [2.05, 4.69) is 15.7 Å². The monoisotopic (exact) mass is 355 g/mol. The van der Waals surface area contributed by atoms with Crippen LogP contribution in [0.3, 0.4) is 0 Å². The van der Waals surface area contributed by atoms with E-state index in [1.165, 1.54) is 6.21 Å². The van der Waals surface area contributed by atoms with Gasteiger partial charge in [-0.05, 0) is 32.6 Å². The zero-order chi connectivity index (χ0) is 17.8. The molecule has 0 unspecified atom stereocenters. The van der Waals surface area contributed by atoms with Gasteiger partial charge in [-0.1, -0.05) is 7.43 Å². The third-order valence-corrected chi connectivity index (χ3v) is 3.99. The molecule has 144 valence electrons. The molecule has 4 N–H and O–H groups in total. The summed E-state index contributed by atoms with van der Waals surface area (Å²) in [5.41, 5.74) is 2.41. The number of nitrogens with one attached hydrogen (secondary N) is 2. The standard InChI is InChI=1S/C16H29N5O3.CH4/c1-13(22)6-7-14-4-3-11-21(14)16(24)5-2-8-19-15(23)12-18-9-10-20-17;/h9,14,20H,2-8,10-12,17H2,1H3,(H,19,23);1H4/t14-;/m0./s1. The molecule has 0 spiro atoms. The maximum Gasteiger partial charge on any atom is 0.241 e. The van der Waals surface area contributed by atoms with Gasteiger partial charge in [0.1, 0.15) is 12.3 Å². The molecule has 1 fully saturated rings. The van der Waals surface area contributed by atoms with Crippen LogP contribution in [0.1, 0.15) is 52.9 Å². The third-order valence-electron chi connectivity index (χ3n) is 3.99. The van der Waals surface area contributed by atoms with Crippen molar-refractivity contribution in [2.45, 2.75) is 58.9 Å². The molecule has 0 radical (unpaired) electrons. The lowest BCUT2D eigenvalue weighted by molar-refractivity contribution is -0.132. The van der Waals surface area contributed by atoms with Crippen molar-refractivity contribution in [1.29, 1.82) is 0 Å². The molecule has 0 saturated carbocycles. The molecule has 1 heterocycles. The van der Waals surface area contributed by atoms with E-state index in [1.54, 1.807) is 6.92 Å². The highest BCUT2D eigenvalue weighted by molar-refractivity contribution is 5.80. The van der Waals surface area contributed by atoms with Crippen LogP contribution in [0.2, 0.25) is 0 Å². The van der Waals surface area contributed by atoms with Crippen LogP contribution >= 0.6 is 0 Å². The van der Waals surface area contributed by atoms with Gasteiger partial charge in [0.15, 0.2) is 0 Å². The lowest BCUT2D eigenvalue weighted by Crippen LogP contribution is -2.36. The lowest BCUT2D eigenvalue weighted by atomic mass is 10.1. The van der Waals surface area contributed by atoms with E-state index < -0.39 is 0 Å². The Labute approximate surface area is 150 Å². The maximum absolute atomic E-state index is 12.3. The number of aliphatic imine (C=N–C) groups is 1. The molecule has 2 amide bonds. The number of likely N-dealkylation sites (tertiary alicyclic amines) is 1. The van der Waals surface area contributed by atoms with Gasteiger partial charge in [-0.15, -0.1) is 0 Å². The number of nitrogens with zero attached hydrogens (tertiary/aromatic N) is 2. The lowest BCUT2D eigenvalue weighted by Gasteiger charge is -2.24. The molecular weight excluding hydrogens is 322 g/mol. The quantitative estimate of drug-likeness (QED) is 0.215. The fourth-order valence-corrected chi connectivity index (χ4v) is 2.77. The normalized spacial score (nSPS) is 16.7. The van der Waals surface area contributed by atoms with Gasteiger partial charge < -0.3 is 15.0 Å². The molecule has 0 aliphatic carbocycles. The Morgan fingerprint density at radius 3 is 2.76 bits per heavy atom. The molecule has 1 saturated heterocycles. The minimum Gasteiger partial charge on any atom is -0.354 e. The van der Waals surface area contributed by atoms with E-state index in [1.807, 2.05) is 4.90 Å². The molecule has 25 heavy (non-hydrogen) atoms. The number of hydrogen-bond acceptors (Lipinski definition) is 6. The Kier molecular flexibility index (Phi) is 12.5. The fourth-order valence-electron chi connectivity index (χ4n) is 2.77. The predicted octanol–water partition coefficient (Wildman–Crippen LogP) is 0.413. The average molecular weight is 355 g/mol. The van der Waals surface area contributed by atoms with Crippen LogP contribution in [-0.4, -0.2) is 60.9 Å². The summed E-state index contributed by atoms with van der Waals surface area (Å²) in [6.07, 6.45) is 5.83. The topological polar surface area (TPSA) is 117 Å². The number of hydrazine groups is 1. The summed E-state index contributed by atoms with van der Waals surface area (Å²) >= 11 is 0. The second-order valence-electron chi connectivity index (χ2n) is 6.01. The summed E-state index contributed by atoms with van der Waals surface area (Å²) in [6, 6.07) is 0.196. The van der Waals surface area contributed by atoms with Crippen molar-refractivity contribution in [3.63, 3.8) is 0 Å². The van der Waals surface area contributed by atoms with Crippen LogP contribution < -0.4 is 16.6 Å². The first-order chi connectivity index (χ1) is 11.5. The van der Waals surface area contributed by atoms with Crippen molar-refractivity contribution < 1.29 is 14.4 Å². The van der Waals surface area contributed by atoms with Crippen LogP contribution in [0.25, 0.3) is 0 Å². The summed E-state index contributed by atoms with van der Waals surface area (Å²) in [4.78, 5) is 40.7. The molecule has 0 bridgehead atoms. The van der Waals surface area contributed by atoms with Gasteiger partial charge in [-0.3, -0.25) is 25.8 Å². The molecular formula is C17H33N5O3. The summed E-state index contributed by atoms with van der Waals surface area (Å²) in [6.45, 7) is 3.30. The Morgan fingerprint density at radius 1 is 1.32 bits per heavy atom. The first kappa shape index (κ1) is 23.2. The van der Waals surface area contributed by atoms with E-state index in [0.29, 0.717) is 32.4 Å². The smallest absolute Gasteiger partial charge is 0.241 e. The summed E-state index contributed by atoms with van der Waals surface area (Å²) in [7, 11) is 0. The van der Waals surface area contributed by atoms with Crippen molar-refractivity contribution >= 4 is 23.8 Å². The molecule has 1 atom stereocenters. The predicted molar refractivity (Wildman–Crippen MR) is 99.2 cm³/mol. The number of Topliss-reactive ketones (excluding diaryl/α,β-unsaturated/α-hetero) is 1. The molecule has 0 aromatic carbocycles. The molecule has 1 rings (SSSR count). The molecule has 0 aromatic rings. The van der Waals surface area contributed by atoms with Gasteiger partial charge in [-0.2, -0.15) is 0 Å². The highest BCUT2D eigenvalue weighted by Crippen LogP contribution is 2.22. The first-order valence-corrected chi connectivity index (χ1v) is 8.52. The van der Waals surface area contributed by atoms with E-state index in [0.717, 1.165) is 25.8 Å². The largest absolute Gasteiger partial charge is 0.354 e. The van der Waals surface area contributed by atoms with Gasteiger partial charge in [0.05, 0.1) is 0 Å². The van der Waals surface area contributed by atoms with Crippen molar-refractivity contribution in [2.75, 3.05) is 26.2 Å². The molecule has 1 aliphatic rings. The van der Waals surface area contributed by atoms with Crippen LogP contribution in [-0.2, 0) is 14.4 Å². The van der Waals surface area contributed by atoms with E-state index in [9.17, 15) is 14.4 Å². The van der Waals surface area contributed by atoms with Crippen LogP contribution in [0.4, 0.5) is 0 Å². The van der Waals surface area contributed by atoms with E-state index in [4.69, 9.17) is 5.84 Å². The highest BCUT2D eigenvalue weighted by atomic mass is 16.2.